The average molecular weight is 277 g/mol. The van der Waals surface area contributed by atoms with Gasteiger partial charge in [-0.1, -0.05) is 23.2 Å². The minimum absolute atomic E-state index is 0.533. The van der Waals surface area contributed by atoms with Gasteiger partial charge in [-0.2, -0.15) is 0 Å². The first-order valence-corrected chi connectivity index (χ1v) is 6.17. The highest BCUT2D eigenvalue weighted by Gasteiger charge is 2.08. The molecule has 0 spiro atoms. The number of nitrogens with zero attached hydrogens (tertiary/aromatic N) is 1. The van der Waals surface area contributed by atoms with Gasteiger partial charge in [-0.25, -0.2) is 0 Å². The Balaban J connectivity index is 2.55. The molecule has 0 fully saturated rings. The third-order valence-electron chi connectivity index (χ3n) is 2.33. The molecule has 0 saturated carbocycles. The van der Waals surface area contributed by atoms with Gasteiger partial charge in [-0.15, -0.1) is 0 Å². The number of ether oxygens (including phenoxy) is 1. The zero-order valence-electron chi connectivity index (χ0n) is 10.4. The number of benzene rings is 1. The maximum atomic E-state index is 6.05. The van der Waals surface area contributed by atoms with E-state index in [4.69, 9.17) is 27.9 Å². The lowest BCUT2D eigenvalue weighted by Gasteiger charge is -2.12. The first-order valence-electron chi connectivity index (χ1n) is 5.42. The normalized spacial score (nSPS) is 10.9. The SMILES string of the molecule is COc1c(Cl)cc(CNCCN(C)C)cc1Cl. The highest BCUT2D eigenvalue weighted by molar-refractivity contribution is 6.37. The van der Waals surface area contributed by atoms with Crippen LogP contribution in [0.5, 0.6) is 5.75 Å². The van der Waals surface area contributed by atoms with E-state index in [2.05, 4.69) is 10.2 Å². The third kappa shape index (κ3) is 4.72. The monoisotopic (exact) mass is 276 g/mol. The van der Waals surface area contributed by atoms with Gasteiger partial charge in [-0.3, -0.25) is 0 Å². The molecule has 0 saturated heterocycles. The molecule has 0 atom stereocenters. The summed E-state index contributed by atoms with van der Waals surface area (Å²) >= 11 is 12.1. The Morgan fingerprint density at radius 2 is 1.82 bits per heavy atom. The zero-order valence-corrected chi connectivity index (χ0v) is 11.9. The predicted molar refractivity (Wildman–Crippen MR) is 73.3 cm³/mol. The highest BCUT2D eigenvalue weighted by Crippen LogP contribution is 2.33. The summed E-state index contributed by atoms with van der Waals surface area (Å²) < 4.78 is 5.10. The fraction of sp³-hybridized carbons (Fsp3) is 0.500. The third-order valence-corrected chi connectivity index (χ3v) is 2.89. The quantitative estimate of drug-likeness (QED) is 0.809. The molecule has 0 heterocycles. The molecule has 0 aromatic heterocycles. The van der Waals surface area contributed by atoms with Gasteiger partial charge >= 0.3 is 0 Å². The van der Waals surface area contributed by atoms with Gasteiger partial charge in [0.2, 0.25) is 0 Å². The second kappa shape index (κ2) is 7.07. The van der Waals surface area contributed by atoms with Crippen molar-refractivity contribution in [3.63, 3.8) is 0 Å². The largest absolute Gasteiger partial charge is 0.494 e. The molecular weight excluding hydrogens is 259 g/mol. The summed E-state index contributed by atoms with van der Waals surface area (Å²) in [7, 11) is 5.65. The van der Waals surface area contributed by atoms with Gasteiger partial charge in [-0.05, 0) is 31.8 Å². The van der Waals surface area contributed by atoms with Gasteiger partial charge in [0.25, 0.3) is 0 Å². The average Bonchev–Trinajstić information content (AvgIpc) is 2.24. The van der Waals surface area contributed by atoms with Gasteiger partial charge in [0, 0.05) is 19.6 Å². The molecule has 1 aromatic carbocycles. The second-order valence-corrected chi connectivity index (χ2v) is 4.89. The van der Waals surface area contributed by atoms with E-state index in [1.807, 2.05) is 26.2 Å². The van der Waals surface area contributed by atoms with Gasteiger partial charge < -0.3 is 15.0 Å². The van der Waals surface area contributed by atoms with Crippen LogP contribution in [-0.2, 0) is 6.54 Å². The van der Waals surface area contributed by atoms with Crippen molar-refractivity contribution in [1.82, 2.24) is 10.2 Å². The smallest absolute Gasteiger partial charge is 0.156 e. The molecule has 0 aliphatic heterocycles. The summed E-state index contributed by atoms with van der Waals surface area (Å²) in [6.07, 6.45) is 0. The van der Waals surface area contributed by atoms with E-state index in [1.165, 1.54) is 0 Å². The second-order valence-electron chi connectivity index (χ2n) is 4.07. The van der Waals surface area contributed by atoms with Gasteiger partial charge in [0.1, 0.15) is 0 Å². The molecule has 17 heavy (non-hydrogen) atoms. The molecule has 1 rings (SSSR count). The molecule has 1 N–H and O–H groups in total. The topological polar surface area (TPSA) is 24.5 Å². The van der Waals surface area contributed by atoms with Crippen LogP contribution in [0.4, 0.5) is 0 Å². The van der Waals surface area contributed by atoms with Crippen molar-refractivity contribution in [1.29, 1.82) is 0 Å². The van der Waals surface area contributed by atoms with E-state index in [9.17, 15) is 0 Å². The number of nitrogens with one attached hydrogen (secondary N) is 1. The minimum Gasteiger partial charge on any atom is -0.494 e. The Kier molecular flexibility index (Phi) is 6.06. The molecule has 0 amide bonds. The van der Waals surface area contributed by atoms with Crippen LogP contribution in [0.25, 0.3) is 0 Å². The Morgan fingerprint density at radius 3 is 2.29 bits per heavy atom. The standard InChI is InChI=1S/C12H18Cl2N2O/c1-16(2)5-4-15-8-9-6-10(13)12(17-3)11(14)7-9/h6-7,15H,4-5,8H2,1-3H3. The van der Waals surface area contributed by atoms with Crippen molar-refractivity contribution < 1.29 is 4.74 Å². The Morgan fingerprint density at radius 1 is 1.24 bits per heavy atom. The lowest BCUT2D eigenvalue weighted by Crippen LogP contribution is -2.26. The Labute approximate surface area is 113 Å². The Hall–Kier alpha value is -0.480. The van der Waals surface area contributed by atoms with Crippen molar-refractivity contribution >= 4 is 23.2 Å². The Bertz CT molecular complexity index is 347. The zero-order chi connectivity index (χ0) is 12.8. The summed E-state index contributed by atoms with van der Waals surface area (Å²) in [6.45, 7) is 2.67. The van der Waals surface area contributed by atoms with E-state index < -0.39 is 0 Å². The van der Waals surface area contributed by atoms with Crippen LogP contribution in [0.3, 0.4) is 0 Å². The molecular formula is C12H18Cl2N2O. The number of likely N-dealkylation sites (N-methyl/N-ethyl adjacent to an activating group) is 1. The molecule has 1 aromatic rings. The van der Waals surface area contributed by atoms with E-state index in [-0.39, 0.29) is 0 Å². The summed E-state index contributed by atoms with van der Waals surface area (Å²) in [5, 5.41) is 4.42. The van der Waals surface area contributed by atoms with Crippen molar-refractivity contribution in [2.75, 3.05) is 34.3 Å². The van der Waals surface area contributed by atoms with E-state index in [0.717, 1.165) is 25.2 Å². The molecule has 0 aliphatic carbocycles. The number of rotatable bonds is 6. The maximum absolute atomic E-state index is 6.05. The van der Waals surface area contributed by atoms with Crippen molar-refractivity contribution in [3.05, 3.63) is 27.7 Å². The molecule has 5 heteroatoms. The van der Waals surface area contributed by atoms with Crippen molar-refractivity contribution in [2.24, 2.45) is 0 Å². The van der Waals surface area contributed by atoms with Crippen LogP contribution in [-0.4, -0.2) is 39.2 Å². The molecule has 3 nitrogen and oxygen atoms in total. The number of hydrogen-bond acceptors (Lipinski definition) is 3. The number of methoxy groups -OCH3 is 1. The number of halogens is 2. The first-order chi connectivity index (χ1) is 8.04. The molecule has 0 radical (unpaired) electrons. The lowest BCUT2D eigenvalue weighted by molar-refractivity contribution is 0.399. The molecule has 0 aliphatic rings. The predicted octanol–water partition coefficient (Wildman–Crippen LogP) is 2.65. The van der Waals surface area contributed by atoms with Crippen LogP contribution < -0.4 is 10.1 Å². The molecule has 0 unspecified atom stereocenters. The van der Waals surface area contributed by atoms with Crippen LogP contribution in [0.1, 0.15) is 5.56 Å². The van der Waals surface area contributed by atoms with Crippen LogP contribution in [0.15, 0.2) is 12.1 Å². The summed E-state index contributed by atoms with van der Waals surface area (Å²) in [5.74, 6) is 0.533. The lowest BCUT2D eigenvalue weighted by atomic mass is 10.2. The fourth-order valence-corrected chi connectivity index (χ4v) is 2.13. The van der Waals surface area contributed by atoms with Crippen molar-refractivity contribution in [2.45, 2.75) is 6.54 Å². The van der Waals surface area contributed by atoms with Crippen LogP contribution in [0.2, 0.25) is 10.0 Å². The van der Waals surface area contributed by atoms with Gasteiger partial charge in [0.05, 0.1) is 17.2 Å². The van der Waals surface area contributed by atoms with E-state index in [0.29, 0.717) is 15.8 Å². The van der Waals surface area contributed by atoms with Crippen LogP contribution in [0, 0.1) is 0 Å². The highest BCUT2D eigenvalue weighted by atomic mass is 35.5. The molecule has 96 valence electrons. The van der Waals surface area contributed by atoms with Crippen molar-refractivity contribution in [3.8, 4) is 5.75 Å². The minimum atomic E-state index is 0.533. The fourth-order valence-electron chi connectivity index (χ4n) is 1.44. The number of hydrogen-bond donors (Lipinski definition) is 1. The molecule has 0 bridgehead atoms. The summed E-state index contributed by atoms with van der Waals surface area (Å²) in [6, 6.07) is 3.74. The van der Waals surface area contributed by atoms with Gasteiger partial charge in [0.15, 0.2) is 5.75 Å². The van der Waals surface area contributed by atoms with E-state index in [1.54, 1.807) is 7.11 Å². The summed E-state index contributed by atoms with van der Waals surface area (Å²) in [5.41, 5.74) is 1.06. The maximum Gasteiger partial charge on any atom is 0.156 e. The van der Waals surface area contributed by atoms with E-state index >= 15 is 0 Å². The first kappa shape index (κ1) is 14.6. The summed E-state index contributed by atoms with van der Waals surface area (Å²) in [4.78, 5) is 2.13. The van der Waals surface area contributed by atoms with Crippen LogP contribution >= 0.6 is 23.2 Å².